The van der Waals surface area contributed by atoms with Crippen molar-refractivity contribution in [1.82, 2.24) is 14.8 Å². The lowest BCUT2D eigenvalue weighted by atomic mass is 9.95. The van der Waals surface area contributed by atoms with Gasteiger partial charge in [0.1, 0.15) is 5.75 Å². The minimum Gasteiger partial charge on any atom is -0.497 e. The Morgan fingerprint density at radius 2 is 1.68 bits per heavy atom. The summed E-state index contributed by atoms with van der Waals surface area (Å²) in [7, 11) is 1.61. The van der Waals surface area contributed by atoms with E-state index in [4.69, 9.17) is 4.74 Å². The maximum atomic E-state index is 13.3. The average Bonchev–Trinajstić information content (AvgIpc) is 2.92. The van der Waals surface area contributed by atoms with Gasteiger partial charge in [0, 0.05) is 62.1 Å². The maximum Gasteiger partial charge on any atom is 0.253 e. The molecule has 2 fully saturated rings. The van der Waals surface area contributed by atoms with Crippen LogP contribution in [0.5, 0.6) is 5.75 Å². The second-order valence-electron chi connectivity index (χ2n) is 8.98. The Labute approximate surface area is 199 Å². The Morgan fingerprint density at radius 3 is 2.44 bits per heavy atom. The molecule has 1 unspecified atom stereocenters. The van der Waals surface area contributed by atoms with Crippen LogP contribution >= 0.6 is 0 Å². The number of hydrogen-bond donors (Lipinski definition) is 0. The van der Waals surface area contributed by atoms with Crippen LogP contribution < -0.4 is 9.64 Å². The van der Waals surface area contributed by atoms with Gasteiger partial charge >= 0.3 is 0 Å². The third-order valence-electron chi connectivity index (χ3n) is 6.95. The zero-order chi connectivity index (χ0) is 23.5. The van der Waals surface area contributed by atoms with Gasteiger partial charge in [-0.2, -0.15) is 0 Å². The van der Waals surface area contributed by atoms with E-state index in [2.05, 4.69) is 22.0 Å². The highest BCUT2D eigenvalue weighted by atomic mass is 16.5. The highest BCUT2D eigenvalue weighted by Crippen LogP contribution is 2.27. The molecule has 0 N–H and O–H groups in total. The highest BCUT2D eigenvalue weighted by molar-refractivity contribution is 5.95. The quantitative estimate of drug-likeness (QED) is 0.599. The van der Waals surface area contributed by atoms with E-state index in [9.17, 15) is 9.59 Å². The standard InChI is InChI=1S/C27H30N4O3/c1-34-22-10-8-20(9-11-22)26(32)31-14-4-5-21(19-31)27(33)30-17-15-29(16-18-30)25-12-13-28-24-7-3-2-6-23(24)25/h2-3,6-13,21H,4-5,14-19H2,1H3. The molecule has 176 valence electrons. The zero-order valence-electron chi connectivity index (χ0n) is 19.5. The first-order valence-electron chi connectivity index (χ1n) is 11.9. The molecule has 2 aliphatic heterocycles. The number of aromatic nitrogens is 1. The van der Waals surface area contributed by atoms with Gasteiger partial charge in [-0.3, -0.25) is 14.6 Å². The van der Waals surface area contributed by atoms with E-state index in [1.807, 2.05) is 34.2 Å². The minimum absolute atomic E-state index is 0.0189. The summed E-state index contributed by atoms with van der Waals surface area (Å²) >= 11 is 0. The molecule has 0 radical (unpaired) electrons. The number of fused-ring (bicyclic) bond motifs is 1. The number of nitrogens with zero attached hydrogens (tertiary/aromatic N) is 4. The summed E-state index contributed by atoms with van der Waals surface area (Å²) in [5.74, 6) is 0.743. The molecule has 3 heterocycles. The summed E-state index contributed by atoms with van der Waals surface area (Å²) in [6, 6.07) is 17.4. The molecule has 2 aromatic carbocycles. The van der Waals surface area contributed by atoms with Crippen LogP contribution in [-0.2, 0) is 4.79 Å². The summed E-state index contributed by atoms with van der Waals surface area (Å²) in [5, 5.41) is 1.14. The number of carbonyl (C=O) groups is 2. The molecule has 2 amide bonds. The number of amides is 2. The number of pyridine rings is 1. The van der Waals surface area contributed by atoms with E-state index < -0.39 is 0 Å². The fraction of sp³-hybridized carbons (Fsp3) is 0.370. The van der Waals surface area contributed by atoms with Crippen molar-refractivity contribution in [3.8, 4) is 5.75 Å². The smallest absolute Gasteiger partial charge is 0.253 e. The number of benzene rings is 2. The summed E-state index contributed by atoms with van der Waals surface area (Å²) in [6.45, 7) is 4.15. The Bertz CT molecular complexity index is 1170. The SMILES string of the molecule is COc1ccc(C(=O)N2CCCC(C(=O)N3CCN(c4ccnc5ccccc45)CC3)C2)cc1. The van der Waals surface area contributed by atoms with Crippen molar-refractivity contribution in [1.29, 1.82) is 0 Å². The van der Waals surface area contributed by atoms with E-state index in [1.165, 1.54) is 5.69 Å². The number of ether oxygens (including phenoxy) is 1. The van der Waals surface area contributed by atoms with E-state index >= 15 is 0 Å². The van der Waals surface area contributed by atoms with Gasteiger partial charge in [0.15, 0.2) is 0 Å². The lowest BCUT2D eigenvalue weighted by Crippen LogP contribution is -2.53. The molecule has 34 heavy (non-hydrogen) atoms. The molecular weight excluding hydrogens is 428 g/mol. The Morgan fingerprint density at radius 1 is 0.912 bits per heavy atom. The molecule has 1 atom stereocenters. The lowest BCUT2D eigenvalue weighted by Gasteiger charge is -2.40. The van der Waals surface area contributed by atoms with Gasteiger partial charge in [-0.15, -0.1) is 0 Å². The van der Waals surface area contributed by atoms with Crippen molar-refractivity contribution in [2.75, 3.05) is 51.3 Å². The van der Waals surface area contributed by atoms with E-state index in [0.29, 0.717) is 31.7 Å². The fourth-order valence-corrected chi connectivity index (χ4v) is 5.06. The normalized spacial score (nSPS) is 18.7. The van der Waals surface area contributed by atoms with Crippen LogP contribution in [0.2, 0.25) is 0 Å². The van der Waals surface area contributed by atoms with Crippen molar-refractivity contribution < 1.29 is 14.3 Å². The van der Waals surface area contributed by atoms with Gasteiger partial charge in [0.25, 0.3) is 5.91 Å². The van der Waals surface area contributed by atoms with Crippen LogP contribution in [0.25, 0.3) is 10.9 Å². The first-order chi connectivity index (χ1) is 16.6. The van der Waals surface area contributed by atoms with Crippen LogP contribution in [0.4, 0.5) is 5.69 Å². The molecule has 0 spiro atoms. The number of hydrogen-bond acceptors (Lipinski definition) is 5. The number of piperazine rings is 1. The first-order valence-corrected chi connectivity index (χ1v) is 11.9. The number of rotatable bonds is 4. The van der Waals surface area contributed by atoms with Crippen molar-refractivity contribution in [2.45, 2.75) is 12.8 Å². The molecule has 3 aromatic rings. The summed E-state index contributed by atoms with van der Waals surface area (Å²) < 4.78 is 5.19. The van der Waals surface area contributed by atoms with Gasteiger partial charge in [-0.25, -0.2) is 0 Å². The third-order valence-corrected chi connectivity index (χ3v) is 6.95. The number of anilines is 1. The monoisotopic (exact) mass is 458 g/mol. The molecule has 1 aromatic heterocycles. The number of piperidine rings is 1. The van der Waals surface area contributed by atoms with Gasteiger partial charge in [-0.05, 0) is 49.2 Å². The Balaban J connectivity index is 1.21. The number of methoxy groups -OCH3 is 1. The number of carbonyl (C=O) groups excluding carboxylic acids is 2. The number of para-hydroxylation sites is 1. The molecule has 2 aliphatic rings. The van der Waals surface area contributed by atoms with Gasteiger partial charge in [0.2, 0.25) is 5.91 Å². The fourth-order valence-electron chi connectivity index (χ4n) is 5.06. The number of likely N-dealkylation sites (tertiary alicyclic amines) is 1. The second kappa shape index (κ2) is 9.71. The van der Waals surface area contributed by atoms with Crippen molar-refractivity contribution in [2.24, 2.45) is 5.92 Å². The second-order valence-corrected chi connectivity index (χ2v) is 8.98. The van der Waals surface area contributed by atoms with Gasteiger partial charge in [-0.1, -0.05) is 18.2 Å². The third kappa shape index (κ3) is 4.42. The van der Waals surface area contributed by atoms with Gasteiger partial charge in [0.05, 0.1) is 18.5 Å². The maximum absolute atomic E-state index is 13.3. The molecule has 7 nitrogen and oxygen atoms in total. The van der Waals surface area contributed by atoms with E-state index in [0.717, 1.165) is 42.6 Å². The van der Waals surface area contributed by atoms with Crippen LogP contribution in [0.1, 0.15) is 23.2 Å². The van der Waals surface area contributed by atoms with Gasteiger partial charge < -0.3 is 19.4 Å². The Kier molecular flexibility index (Phi) is 6.34. The predicted molar refractivity (Wildman–Crippen MR) is 132 cm³/mol. The summed E-state index contributed by atoms with van der Waals surface area (Å²) in [4.78, 5) is 36.9. The summed E-state index contributed by atoms with van der Waals surface area (Å²) in [6.07, 6.45) is 3.54. The van der Waals surface area contributed by atoms with Crippen molar-refractivity contribution in [3.05, 3.63) is 66.4 Å². The lowest BCUT2D eigenvalue weighted by molar-refractivity contribution is -0.137. The topological polar surface area (TPSA) is 66.0 Å². The molecular formula is C27H30N4O3. The van der Waals surface area contributed by atoms with E-state index in [1.54, 1.807) is 31.4 Å². The largest absolute Gasteiger partial charge is 0.497 e. The predicted octanol–water partition coefficient (Wildman–Crippen LogP) is 3.44. The molecule has 2 saturated heterocycles. The van der Waals surface area contributed by atoms with Crippen molar-refractivity contribution >= 4 is 28.4 Å². The first kappa shape index (κ1) is 22.2. The highest BCUT2D eigenvalue weighted by Gasteiger charge is 2.33. The van der Waals surface area contributed by atoms with Crippen LogP contribution in [0.3, 0.4) is 0 Å². The molecule has 7 heteroatoms. The van der Waals surface area contributed by atoms with Crippen LogP contribution in [0, 0.1) is 5.92 Å². The minimum atomic E-state index is -0.135. The molecule has 0 saturated carbocycles. The summed E-state index contributed by atoms with van der Waals surface area (Å²) in [5.41, 5.74) is 2.79. The van der Waals surface area contributed by atoms with E-state index in [-0.39, 0.29) is 17.7 Å². The molecule has 5 rings (SSSR count). The van der Waals surface area contributed by atoms with Crippen LogP contribution in [0.15, 0.2) is 60.8 Å². The van der Waals surface area contributed by atoms with Crippen molar-refractivity contribution in [3.63, 3.8) is 0 Å². The van der Waals surface area contributed by atoms with Crippen LogP contribution in [-0.4, -0.2) is 73.0 Å². The Hall–Kier alpha value is -3.61. The molecule has 0 bridgehead atoms. The zero-order valence-corrected chi connectivity index (χ0v) is 19.5. The average molecular weight is 459 g/mol. The molecule has 0 aliphatic carbocycles.